The average Bonchev–Trinajstić information content (AvgIpc) is 2.75. The quantitative estimate of drug-likeness (QED) is 0.798. The molecule has 0 saturated carbocycles. The molecule has 0 bridgehead atoms. The fraction of sp³-hybridized carbons (Fsp3) is 0.667. The first-order valence-corrected chi connectivity index (χ1v) is 5.70. The van der Waals surface area contributed by atoms with Crippen LogP contribution in [0, 0.1) is 0 Å². The predicted molar refractivity (Wildman–Crippen MR) is 53.7 cm³/mol. The van der Waals surface area contributed by atoms with Gasteiger partial charge in [-0.2, -0.15) is 11.8 Å². The summed E-state index contributed by atoms with van der Waals surface area (Å²) in [5.41, 5.74) is 0. The van der Waals surface area contributed by atoms with Gasteiger partial charge in [-0.1, -0.05) is 0 Å². The van der Waals surface area contributed by atoms with E-state index in [1.54, 1.807) is 6.20 Å². The summed E-state index contributed by atoms with van der Waals surface area (Å²) in [6.45, 7) is 1.89. The van der Waals surface area contributed by atoms with E-state index in [-0.39, 0.29) is 0 Å². The summed E-state index contributed by atoms with van der Waals surface area (Å²) in [5, 5.41) is 4.18. The highest BCUT2D eigenvalue weighted by atomic mass is 32.2. The molecule has 72 valence electrons. The largest absolute Gasteiger partial charge is 0.447 e. The standard InChI is InChI=1S/C9H14N2OS/c1-2-9(13-3-1)6-10-4-8-5-11-7-12-8/h5,7,9-10H,1-4,6H2. The van der Waals surface area contributed by atoms with Crippen LogP contribution in [0.4, 0.5) is 0 Å². The second-order valence-electron chi connectivity index (χ2n) is 3.23. The lowest BCUT2D eigenvalue weighted by Crippen LogP contribution is -2.22. The van der Waals surface area contributed by atoms with Crippen molar-refractivity contribution in [1.29, 1.82) is 0 Å². The van der Waals surface area contributed by atoms with E-state index in [1.165, 1.54) is 25.0 Å². The zero-order chi connectivity index (χ0) is 8.93. The molecule has 1 fully saturated rings. The molecule has 0 amide bonds. The monoisotopic (exact) mass is 198 g/mol. The third-order valence-electron chi connectivity index (χ3n) is 2.18. The van der Waals surface area contributed by atoms with Gasteiger partial charge in [-0.05, 0) is 18.6 Å². The molecule has 1 atom stereocenters. The van der Waals surface area contributed by atoms with Gasteiger partial charge in [-0.3, -0.25) is 0 Å². The number of hydrogen-bond donors (Lipinski definition) is 1. The highest BCUT2D eigenvalue weighted by Gasteiger charge is 2.14. The molecule has 1 N–H and O–H groups in total. The number of rotatable bonds is 4. The summed E-state index contributed by atoms with van der Waals surface area (Å²) in [6, 6.07) is 0. The van der Waals surface area contributed by atoms with Crippen LogP contribution in [-0.2, 0) is 6.54 Å². The van der Waals surface area contributed by atoms with Crippen LogP contribution in [0.1, 0.15) is 18.6 Å². The van der Waals surface area contributed by atoms with E-state index in [4.69, 9.17) is 4.42 Å². The van der Waals surface area contributed by atoms with Crippen molar-refractivity contribution in [3.05, 3.63) is 18.4 Å². The van der Waals surface area contributed by atoms with E-state index < -0.39 is 0 Å². The number of aromatic nitrogens is 1. The maximum absolute atomic E-state index is 5.12. The Kier molecular flexibility index (Phi) is 3.27. The van der Waals surface area contributed by atoms with Crippen LogP contribution in [0.15, 0.2) is 17.0 Å². The molecule has 2 rings (SSSR count). The molecule has 1 unspecified atom stereocenters. The van der Waals surface area contributed by atoms with Gasteiger partial charge in [0.05, 0.1) is 12.7 Å². The number of hydrogen-bond acceptors (Lipinski definition) is 4. The molecule has 0 aliphatic carbocycles. The molecule has 1 aromatic rings. The Labute approximate surface area is 82.3 Å². The lowest BCUT2D eigenvalue weighted by atomic mass is 10.2. The van der Waals surface area contributed by atoms with Gasteiger partial charge < -0.3 is 9.73 Å². The molecule has 0 aromatic carbocycles. The average molecular weight is 198 g/mol. The minimum atomic E-state index is 0.803. The third-order valence-corrected chi connectivity index (χ3v) is 3.58. The van der Waals surface area contributed by atoms with Gasteiger partial charge in [-0.25, -0.2) is 4.98 Å². The molecule has 1 aliphatic heterocycles. The first-order chi connectivity index (χ1) is 6.45. The first-order valence-electron chi connectivity index (χ1n) is 4.65. The maximum atomic E-state index is 5.12. The van der Waals surface area contributed by atoms with Crippen molar-refractivity contribution in [2.24, 2.45) is 0 Å². The second kappa shape index (κ2) is 4.67. The van der Waals surface area contributed by atoms with E-state index in [0.29, 0.717) is 0 Å². The molecule has 3 nitrogen and oxygen atoms in total. The van der Waals surface area contributed by atoms with Crippen molar-refractivity contribution in [1.82, 2.24) is 10.3 Å². The molecule has 1 aromatic heterocycles. The molecular formula is C9H14N2OS. The van der Waals surface area contributed by atoms with Gasteiger partial charge in [-0.15, -0.1) is 0 Å². The minimum Gasteiger partial charge on any atom is -0.447 e. The van der Waals surface area contributed by atoms with Crippen molar-refractivity contribution in [2.75, 3.05) is 12.3 Å². The molecule has 1 saturated heterocycles. The van der Waals surface area contributed by atoms with E-state index >= 15 is 0 Å². The second-order valence-corrected chi connectivity index (χ2v) is 4.64. The predicted octanol–water partition coefficient (Wildman–Crippen LogP) is 1.66. The summed E-state index contributed by atoms with van der Waals surface area (Å²) in [5.74, 6) is 2.25. The molecule has 13 heavy (non-hydrogen) atoms. The maximum Gasteiger partial charge on any atom is 0.180 e. The van der Waals surface area contributed by atoms with Gasteiger partial charge in [0.1, 0.15) is 5.76 Å². The zero-order valence-corrected chi connectivity index (χ0v) is 8.35. The van der Waals surface area contributed by atoms with E-state index in [0.717, 1.165) is 24.1 Å². The van der Waals surface area contributed by atoms with E-state index in [1.807, 2.05) is 0 Å². The van der Waals surface area contributed by atoms with Crippen molar-refractivity contribution in [3.63, 3.8) is 0 Å². The number of nitrogens with zero attached hydrogens (tertiary/aromatic N) is 1. The van der Waals surface area contributed by atoms with Crippen molar-refractivity contribution in [2.45, 2.75) is 24.6 Å². The smallest absolute Gasteiger partial charge is 0.180 e. The molecule has 4 heteroatoms. The van der Waals surface area contributed by atoms with Crippen molar-refractivity contribution < 1.29 is 4.42 Å². The van der Waals surface area contributed by atoms with E-state index in [2.05, 4.69) is 22.1 Å². The van der Waals surface area contributed by atoms with Crippen LogP contribution >= 0.6 is 11.8 Å². The highest BCUT2D eigenvalue weighted by Crippen LogP contribution is 2.25. The van der Waals surface area contributed by atoms with Gasteiger partial charge in [0.15, 0.2) is 6.39 Å². The zero-order valence-electron chi connectivity index (χ0n) is 7.53. The van der Waals surface area contributed by atoms with Crippen molar-refractivity contribution >= 4 is 11.8 Å². The van der Waals surface area contributed by atoms with Gasteiger partial charge >= 0.3 is 0 Å². The Bertz CT molecular complexity index is 232. The van der Waals surface area contributed by atoms with Crippen LogP contribution in [0.2, 0.25) is 0 Å². The topological polar surface area (TPSA) is 38.1 Å². The first kappa shape index (κ1) is 9.09. The summed E-state index contributed by atoms with van der Waals surface area (Å²) in [6.07, 6.45) is 5.96. The fourth-order valence-electron chi connectivity index (χ4n) is 1.49. The van der Waals surface area contributed by atoms with Crippen LogP contribution < -0.4 is 5.32 Å². The van der Waals surface area contributed by atoms with Gasteiger partial charge in [0.25, 0.3) is 0 Å². The fourth-order valence-corrected chi connectivity index (χ4v) is 2.73. The molecule has 0 radical (unpaired) electrons. The van der Waals surface area contributed by atoms with Crippen LogP contribution in [0.25, 0.3) is 0 Å². The summed E-state index contributed by atoms with van der Waals surface area (Å²) in [4.78, 5) is 3.86. The molecule has 0 spiro atoms. The number of thioether (sulfide) groups is 1. The Morgan fingerprint density at radius 2 is 2.69 bits per heavy atom. The summed E-state index contributed by atoms with van der Waals surface area (Å²) in [7, 11) is 0. The van der Waals surface area contributed by atoms with Crippen molar-refractivity contribution in [3.8, 4) is 0 Å². The van der Waals surface area contributed by atoms with Gasteiger partial charge in [0, 0.05) is 11.8 Å². The highest BCUT2D eigenvalue weighted by molar-refractivity contribution is 8.00. The van der Waals surface area contributed by atoms with E-state index in [9.17, 15) is 0 Å². The Hall–Kier alpha value is -0.480. The lowest BCUT2D eigenvalue weighted by molar-refractivity contribution is 0.478. The van der Waals surface area contributed by atoms with Crippen LogP contribution in [-0.4, -0.2) is 22.5 Å². The number of oxazole rings is 1. The van der Waals surface area contributed by atoms with Crippen LogP contribution in [0.3, 0.4) is 0 Å². The number of nitrogens with one attached hydrogen (secondary N) is 1. The van der Waals surface area contributed by atoms with Gasteiger partial charge in [0.2, 0.25) is 0 Å². The molecular weight excluding hydrogens is 184 g/mol. The molecule has 1 aliphatic rings. The lowest BCUT2D eigenvalue weighted by Gasteiger charge is -2.07. The summed E-state index contributed by atoms with van der Waals surface area (Å²) >= 11 is 2.07. The Morgan fingerprint density at radius 1 is 1.69 bits per heavy atom. The third kappa shape index (κ3) is 2.74. The Balaban J connectivity index is 1.63. The minimum absolute atomic E-state index is 0.803. The summed E-state index contributed by atoms with van der Waals surface area (Å²) < 4.78 is 5.12. The Morgan fingerprint density at radius 3 is 3.38 bits per heavy atom. The normalized spacial score (nSPS) is 22.3. The SMILES string of the molecule is c1ncc(CNCC2CCCS2)o1. The van der Waals surface area contributed by atoms with Crippen LogP contribution in [0.5, 0.6) is 0 Å². The molecule has 2 heterocycles.